The van der Waals surface area contributed by atoms with E-state index in [1.54, 1.807) is 78.9 Å². The number of carbonyl (C=O) groups excluding carboxylic acids is 3. The van der Waals surface area contributed by atoms with E-state index in [9.17, 15) is 14.4 Å². The molecule has 33 heavy (non-hydrogen) atoms. The number of hydrogen-bond acceptors (Lipinski definition) is 6. The maximum absolute atomic E-state index is 15.4. The van der Waals surface area contributed by atoms with Gasteiger partial charge in [0.1, 0.15) is 12.7 Å². The molecule has 4 atom stereocenters. The molecule has 1 fully saturated rings. The second-order valence-corrected chi connectivity index (χ2v) is 7.47. The number of esters is 2. The summed E-state index contributed by atoms with van der Waals surface area (Å²) in [6.07, 6.45) is -6.02. The van der Waals surface area contributed by atoms with E-state index in [1.165, 1.54) is 12.1 Å². The van der Waals surface area contributed by atoms with Gasteiger partial charge in [-0.05, 0) is 24.3 Å². The van der Waals surface area contributed by atoms with Crippen molar-refractivity contribution in [2.45, 2.75) is 24.5 Å². The molecule has 1 heterocycles. The summed E-state index contributed by atoms with van der Waals surface area (Å²) in [4.78, 5) is 37.7. The monoisotopic (exact) mass is 448 g/mol. The van der Waals surface area contributed by atoms with Crippen LogP contribution in [0.1, 0.15) is 31.1 Å². The van der Waals surface area contributed by atoms with Crippen LogP contribution in [0.2, 0.25) is 0 Å². The number of ether oxygens (including phenoxy) is 3. The Hall–Kier alpha value is -3.84. The SMILES string of the molecule is O=C(OC[C@H]1OC(C(=O)c2ccccc2)[C@@H](F)[C@@H]1OC(=O)c1ccccc1)c1ccccc1. The molecular weight excluding hydrogens is 427 g/mol. The Labute approximate surface area is 189 Å². The van der Waals surface area contributed by atoms with Gasteiger partial charge in [0, 0.05) is 5.56 Å². The second-order valence-electron chi connectivity index (χ2n) is 7.47. The molecule has 6 nitrogen and oxygen atoms in total. The Morgan fingerprint density at radius 1 is 0.727 bits per heavy atom. The van der Waals surface area contributed by atoms with Gasteiger partial charge in [-0.25, -0.2) is 14.0 Å². The van der Waals surface area contributed by atoms with E-state index in [1.807, 2.05) is 0 Å². The van der Waals surface area contributed by atoms with Crippen LogP contribution in [0.5, 0.6) is 0 Å². The van der Waals surface area contributed by atoms with E-state index in [4.69, 9.17) is 14.2 Å². The lowest BCUT2D eigenvalue weighted by Crippen LogP contribution is -2.38. The summed E-state index contributed by atoms with van der Waals surface area (Å²) in [5.74, 6) is -1.99. The molecule has 1 saturated heterocycles. The Morgan fingerprint density at radius 2 is 1.21 bits per heavy atom. The van der Waals surface area contributed by atoms with E-state index < -0.39 is 42.2 Å². The first-order valence-electron chi connectivity index (χ1n) is 10.4. The number of Topliss-reactive ketones (excluding diaryl/α,β-unsaturated/α-hetero) is 1. The maximum atomic E-state index is 15.4. The van der Waals surface area contributed by atoms with Crippen molar-refractivity contribution in [1.82, 2.24) is 0 Å². The molecule has 0 aromatic heterocycles. The van der Waals surface area contributed by atoms with Crippen LogP contribution in [-0.2, 0) is 14.2 Å². The number of carbonyl (C=O) groups is 3. The smallest absolute Gasteiger partial charge is 0.338 e. The predicted molar refractivity (Wildman–Crippen MR) is 117 cm³/mol. The van der Waals surface area contributed by atoms with Crippen molar-refractivity contribution in [3.8, 4) is 0 Å². The number of halogens is 1. The van der Waals surface area contributed by atoms with Gasteiger partial charge < -0.3 is 14.2 Å². The Bertz CT molecular complexity index is 1100. The molecule has 3 aromatic rings. The molecule has 0 N–H and O–H groups in total. The number of hydrogen-bond donors (Lipinski definition) is 0. The van der Waals surface area contributed by atoms with Crippen LogP contribution < -0.4 is 0 Å². The van der Waals surface area contributed by atoms with Crippen molar-refractivity contribution in [3.05, 3.63) is 108 Å². The first-order chi connectivity index (χ1) is 16.0. The highest BCUT2D eigenvalue weighted by Gasteiger charge is 2.51. The highest BCUT2D eigenvalue weighted by atomic mass is 19.1. The molecule has 0 saturated carbocycles. The molecule has 1 aliphatic heterocycles. The minimum Gasteiger partial charge on any atom is -0.459 e. The first kappa shape index (κ1) is 22.4. The summed E-state index contributed by atoms with van der Waals surface area (Å²) in [6.45, 7) is -0.389. The van der Waals surface area contributed by atoms with Crippen LogP contribution in [0.3, 0.4) is 0 Å². The van der Waals surface area contributed by atoms with Gasteiger partial charge in [0.25, 0.3) is 0 Å². The number of alkyl halides is 1. The van der Waals surface area contributed by atoms with Gasteiger partial charge >= 0.3 is 11.9 Å². The van der Waals surface area contributed by atoms with Crippen LogP contribution in [0, 0.1) is 0 Å². The summed E-state index contributed by atoms with van der Waals surface area (Å²) in [5, 5.41) is 0. The number of ketones is 1. The van der Waals surface area contributed by atoms with Crippen molar-refractivity contribution in [2.75, 3.05) is 6.61 Å². The van der Waals surface area contributed by atoms with Crippen molar-refractivity contribution in [2.24, 2.45) is 0 Å². The fraction of sp³-hybridized carbons (Fsp3) is 0.192. The molecule has 4 rings (SSSR count). The molecule has 0 amide bonds. The normalized spacial score (nSPS) is 21.8. The Balaban J connectivity index is 1.52. The van der Waals surface area contributed by atoms with Gasteiger partial charge in [0.15, 0.2) is 24.2 Å². The summed E-state index contributed by atoms with van der Waals surface area (Å²) in [6, 6.07) is 24.5. The quantitative estimate of drug-likeness (QED) is 0.401. The highest BCUT2D eigenvalue weighted by molar-refractivity contribution is 6.00. The van der Waals surface area contributed by atoms with E-state index in [0.717, 1.165) is 0 Å². The molecule has 0 aliphatic carbocycles. The summed E-state index contributed by atoms with van der Waals surface area (Å²) >= 11 is 0. The van der Waals surface area contributed by atoms with E-state index in [-0.39, 0.29) is 17.7 Å². The summed E-state index contributed by atoms with van der Waals surface area (Å²) < 4.78 is 31.7. The first-order valence-corrected chi connectivity index (χ1v) is 10.4. The van der Waals surface area contributed by atoms with Crippen LogP contribution in [-0.4, -0.2) is 48.8 Å². The van der Waals surface area contributed by atoms with E-state index in [2.05, 4.69) is 0 Å². The fourth-order valence-corrected chi connectivity index (χ4v) is 3.55. The van der Waals surface area contributed by atoms with Crippen molar-refractivity contribution in [1.29, 1.82) is 0 Å². The molecule has 3 aromatic carbocycles. The molecular formula is C26H21FO6. The molecule has 0 radical (unpaired) electrons. The summed E-state index contributed by atoms with van der Waals surface area (Å²) in [7, 11) is 0. The van der Waals surface area contributed by atoms with Gasteiger partial charge in [-0.1, -0.05) is 66.7 Å². The number of benzene rings is 3. The minimum absolute atomic E-state index is 0.225. The molecule has 1 unspecified atom stereocenters. The van der Waals surface area contributed by atoms with Gasteiger partial charge in [0.2, 0.25) is 0 Å². The largest absolute Gasteiger partial charge is 0.459 e. The second kappa shape index (κ2) is 10.2. The fourth-order valence-electron chi connectivity index (χ4n) is 3.55. The lowest BCUT2D eigenvalue weighted by molar-refractivity contribution is -0.0389. The third-order valence-corrected chi connectivity index (χ3v) is 5.25. The number of rotatable bonds is 7. The standard InChI is InChI=1S/C26H21FO6/c27-21-23(33-26(30)19-14-8-3-9-15-19)20(16-31-25(29)18-12-6-2-7-13-18)32-24(21)22(28)17-10-4-1-5-11-17/h1-15,20-21,23-24H,16H2/t20-,21+,23-,24?/m1/s1. The topological polar surface area (TPSA) is 78.9 Å². The van der Waals surface area contributed by atoms with Gasteiger partial charge in [-0.3, -0.25) is 4.79 Å². The zero-order chi connectivity index (χ0) is 23.2. The van der Waals surface area contributed by atoms with Crippen LogP contribution >= 0.6 is 0 Å². The molecule has 0 spiro atoms. The Kier molecular flexibility index (Phi) is 6.90. The molecule has 168 valence electrons. The lowest BCUT2D eigenvalue weighted by Gasteiger charge is -2.20. The molecule has 0 bridgehead atoms. The van der Waals surface area contributed by atoms with Crippen LogP contribution in [0.4, 0.5) is 4.39 Å². The van der Waals surface area contributed by atoms with Gasteiger partial charge in [-0.15, -0.1) is 0 Å². The molecule has 1 aliphatic rings. The van der Waals surface area contributed by atoms with Crippen molar-refractivity contribution in [3.63, 3.8) is 0 Å². The maximum Gasteiger partial charge on any atom is 0.338 e. The molecule has 7 heteroatoms. The average Bonchev–Trinajstić information content (AvgIpc) is 3.18. The van der Waals surface area contributed by atoms with Crippen molar-refractivity contribution < 1.29 is 33.0 Å². The van der Waals surface area contributed by atoms with Crippen LogP contribution in [0.15, 0.2) is 91.0 Å². The summed E-state index contributed by atoms with van der Waals surface area (Å²) in [5.41, 5.74) is 0.796. The van der Waals surface area contributed by atoms with Gasteiger partial charge in [0.05, 0.1) is 11.1 Å². The lowest BCUT2D eigenvalue weighted by atomic mass is 10.0. The third kappa shape index (κ3) is 5.15. The van der Waals surface area contributed by atoms with Crippen molar-refractivity contribution >= 4 is 17.7 Å². The minimum atomic E-state index is -1.94. The van der Waals surface area contributed by atoms with Gasteiger partial charge in [-0.2, -0.15) is 0 Å². The zero-order valence-electron chi connectivity index (χ0n) is 17.5. The van der Waals surface area contributed by atoms with Crippen LogP contribution in [0.25, 0.3) is 0 Å². The predicted octanol–water partition coefficient (Wildman–Crippen LogP) is 4.06. The highest BCUT2D eigenvalue weighted by Crippen LogP contribution is 2.30. The Morgan fingerprint density at radius 3 is 1.76 bits per heavy atom. The average molecular weight is 448 g/mol. The van der Waals surface area contributed by atoms with E-state index >= 15 is 4.39 Å². The third-order valence-electron chi connectivity index (χ3n) is 5.25. The van der Waals surface area contributed by atoms with E-state index in [0.29, 0.717) is 5.56 Å². The zero-order valence-corrected chi connectivity index (χ0v) is 17.5.